The van der Waals surface area contributed by atoms with Gasteiger partial charge in [-0.15, -0.1) is 0 Å². The van der Waals surface area contributed by atoms with Crippen LogP contribution in [0.3, 0.4) is 0 Å². The van der Waals surface area contributed by atoms with Crippen LogP contribution in [0.2, 0.25) is 0 Å². The van der Waals surface area contributed by atoms with Gasteiger partial charge in [0.1, 0.15) is 0 Å². The maximum atomic E-state index is 10.7. The minimum Gasteiger partial charge on any atom is -0.790 e. The van der Waals surface area contributed by atoms with Gasteiger partial charge in [0.05, 0.1) is 46.9 Å². The summed E-state index contributed by atoms with van der Waals surface area (Å²) in [6, 6.07) is 0. The first-order valence-corrected chi connectivity index (χ1v) is 32.9. The normalized spacial score (nSPS) is 19.8. The summed E-state index contributed by atoms with van der Waals surface area (Å²) in [7, 11) is -96.2. The fraction of sp³-hybridized carbons (Fsp3) is 0. The van der Waals surface area contributed by atoms with E-state index in [2.05, 4.69) is 51.7 Å². The van der Waals surface area contributed by atoms with Crippen LogP contribution in [-0.4, -0.2) is 0 Å². The molecule has 0 bridgehead atoms. The van der Waals surface area contributed by atoms with E-state index in [1.165, 1.54) is 0 Å². The average Bonchev–Trinajstić information content (AvgIpc) is 2.68. The molecule has 0 aromatic rings. The van der Waals surface area contributed by atoms with Crippen molar-refractivity contribution in [2.75, 3.05) is 0 Å². The van der Waals surface area contributed by atoms with Gasteiger partial charge in [-0.2, -0.15) is 0 Å². The summed E-state index contributed by atoms with van der Waals surface area (Å²) in [5, 5.41) is 0. The summed E-state index contributed by atoms with van der Waals surface area (Å²) in [6.45, 7) is 0. The van der Waals surface area contributed by atoms with E-state index in [1.54, 1.807) is 0 Å². The second kappa shape index (κ2) is 39.0. The van der Waals surface area contributed by atoms with E-state index < -0.39 is 117 Å². The van der Waals surface area contributed by atoms with E-state index in [0.29, 0.717) is 0 Å². The average molecular weight is 2400 g/mol. The molecule has 0 fully saturated rings. The van der Waals surface area contributed by atoms with Crippen LogP contribution in [0.1, 0.15) is 0 Å². The molecule has 70 heteroatoms. The molecule has 0 spiro atoms. The Morgan fingerprint density at radius 1 is 0.143 bits per heavy atom. The molecule has 0 aliphatic heterocycles. The molecule has 447 valence electrons. The molecule has 6 atom stereocenters. The topological polar surface area (TPSA) is 851 Å². The molecule has 0 aliphatic rings. The number of hydrogen-bond acceptors (Lipinski definition) is 48. The molecule has 0 saturated heterocycles. The van der Waals surface area contributed by atoms with Crippen molar-refractivity contribution in [3.8, 4) is 0 Å². The predicted octanol–water partition coefficient (Wildman–Crippen LogP) is -14.7. The molecule has 0 rings (SSSR count). The Hall–Kier alpha value is 10.9. The minimum atomic E-state index is -6.56. The van der Waals surface area contributed by atoms with Gasteiger partial charge in [-0.3, -0.25) is 66.9 Å². The molecule has 0 amide bonds. The van der Waals surface area contributed by atoms with Crippen molar-refractivity contribution in [2.24, 2.45) is 0 Å². The zero-order valence-electron chi connectivity index (χ0n) is 28.3. The van der Waals surface area contributed by atoms with E-state index in [-0.39, 0.29) is 261 Å². The summed E-state index contributed by atoms with van der Waals surface area (Å²) < 4.78 is 188. The van der Waals surface area contributed by atoms with E-state index >= 15 is 0 Å². The van der Waals surface area contributed by atoms with E-state index in [9.17, 15) is 171 Å². The largest absolute Gasteiger partial charge is 3.00 e. The van der Waals surface area contributed by atoms with Gasteiger partial charge in [0.25, 0.3) is 70.4 Å². The van der Waals surface area contributed by atoms with Crippen LogP contribution in [-0.2, 0) is 120 Å². The molecule has 0 saturated carbocycles. The molecule has 0 aromatic heterocycles. The molecule has 48 nitrogen and oxygen atoms in total. The van der Waals surface area contributed by atoms with E-state index in [1.807, 2.05) is 0 Å². The smallest absolute Gasteiger partial charge is 0.790 e. The van der Waals surface area contributed by atoms with Crippen LogP contribution in [0.5, 0.6) is 0 Å². The van der Waals surface area contributed by atoms with Gasteiger partial charge in [-0.1, -0.05) is 0 Å². The molecule has 70 heavy (non-hydrogen) atoms. The van der Waals surface area contributed by atoms with Crippen molar-refractivity contribution < 1.29 is 484 Å². The van der Waals surface area contributed by atoms with Gasteiger partial charge < -0.3 is 130 Å². The second-order valence-corrected chi connectivity index (χ2v) is 28.9. The SMILES string of the molecule is O=P([O-])([O-])OP(=O)([O-])OP(=O)([O-])OP(=O)([O-])OP(=O)([O-])[O-].O=P([O-])([O-])OP(=O)([O-])OP(=O)([O-])OP(=O)([O-])OP(=O)([O-])[O-].O=P([O-])([O-])OP(=O)([O-])OP(=O)([O-])OP(=O)([O-])OP(=O)([O-])[O-].[Er+3].[Er+3].[Er+3].[Er+3].[Er+3].[Er+3].[Er+3]. The molecule has 6 unspecified atom stereocenters. The fourth-order valence-electron chi connectivity index (χ4n) is 1.60. The molecular weight excluding hydrogens is 2400 g/mol. The van der Waals surface area contributed by atoms with Gasteiger partial charge >= 0.3 is 261 Å². The van der Waals surface area contributed by atoms with Crippen molar-refractivity contribution in [2.45, 2.75) is 0 Å². The third kappa shape index (κ3) is 69.6. The molecule has 0 aliphatic carbocycles. The first-order valence-electron chi connectivity index (χ1n) is 11.0. The summed E-state index contributed by atoms with van der Waals surface area (Å²) >= 11 is 0. The summed E-state index contributed by atoms with van der Waals surface area (Å²) in [6.07, 6.45) is 0. The predicted molar refractivity (Wildman–Crippen MR) is 127 cm³/mol. The molecule has 7 radical (unpaired) electrons. The zero-order valence-corrected chi connectivity index (χ0v) is 54.7. The maximum Gasteiger partial charge on any atom is 3.00 e. The van der Waals surface area contributed by atoms with Crippen molar-refractivity contribution in [1.29, 1.82) is 0 Å². The Balaban J connectivity index is -0.0000000918. The third-order valence-electron chi connectivity index (χ3n) is 2.40. The standard InChI is InChI=1S/7Er.3H7O16P5/c;;;;;;;3*1-17(2,3)13-19(7,8)15-21(11,12)16-20(9,10)14-18(4,5)6/h;;;;;;;3*(H,7,8)(H,9,10)(H,11,12)(H2,1,2,3)(H2,4,5,6)/q7*+3;;;/p-21. The first kappa shape index (κ1) is 103. The maximum absolute atomic E-state index is 10.7. The first-order chi connectivity index (χ1) is 26.5. The Kier molecular flexibility index (Phi) is 57.2. The number of rotatable bonds is 24. The van der Waals surface area contributed by atoms with Crippen molar-refractivity contribution in [3.63, 3.8) is 0 Å². The third-order valence-corrected chi connectivity index (χ3v) is 21.6. The van der Waals surface area contributed by atoms with Gasteiger partial charge in [0.15, 0.2) is 0 Å². The number of phosphoric acid groups is 15. The summed E-state index contributed by atoms with van der Waals surface area (Å²) in [5.74, 6) is 0. The van der Waals surface area contributed by atoms with Crippen molar-refractivity contribution >= 4 is 117 Å². The summed E-state index contributed by atoms with van der Waals surface area (Å²) in [4.78, 5) is 215. The van der Waals surface area contributed by atoms with Crippen LogP contribution in [0.4, 0.5) is 0 Å². The van der Waals surface area contributed by atoms with E-state index in [4.69, 9.17) is 0 Å². The second-order valence-electron chi connectivity index (χ2n) is 7.69. The molecule has 0 heterocycles. The van der Waals surface area contributed by atoms with Crippen molar-refractivity contribution in [3.05, 3.63) is 0 Å². The van der Waals surface area contributed by atoms with Crippen molar-refractivity contribution in [1.82, 2.24) is 0 Å². The van der Waals surface area contributed by atoms with Crippen LogP contribution in [0.15, 0.2) is 0 Å². The molecule has 0 N–H and O–H groups in total. The Morgan fingerprint density at radius 3 is 0.257 bits per heavy atom. The van der Waals surface area contributed by atoms with E-state index in [0.717, 1.165) is 0 Å². The zero-order chi connectivity index (χ0) is 52.0. The van der Waals surface area contributed by atoms with Crippen LogP contribution in [0.25, 0.3) is 0 Å². The van der Waals surface area contributed by atoms with Crippen LogP contribution in [0, 0.1) is 261 Å². The number of hydrogen-bond donors (Lipinski definition) is 0. The fourth-order valence-corrected chi connectivity index (χ4v) is 16.8. The van der Waals surface area contributed by atoms with Crippen LogP contribution < -0.4 is 103 Å². The molecule has 0 aromatic carbocycles. The van der Waals surface area contributed by atoms with Crippen LogP contribution >= 0.6 is 117 Å². The van der Waals surface area contributed by atoms with Gasteiger partial charge in [0, 0.05) is 0 Å². The van der Waals surface area contributed by atoms with Gasteiger partial charge in [0.2, 0.25) is 0 Å². The minimum absolute atomic E-state index is 0. The Labute approximate surface area is 590 Å². The van der Waals surface area contributed by atoms with Gasteiger partial charge in [-0.05, 0) is 0 Å². The summed E-state index contributed by atoms with van der Waals surface area (Å²) in [5.41, 5.74) is 0. The van der Waals surface area contributed by atoms with Gasteiger partial charge in [-0.25, -0.2) is 25.9 Å². The molecular formula is Er7O48P15. The Morgan fingerprint density at radius 2 is 0.200 bits per heavy atom. The monoisotopic (exact) mass is 2390 g/mol. The quantitative estimate of drug-likeness (QED) is 0.0810. The Bertz CT molecular complexity index is 1930.